The Morgan fingerprint density at radius 3 is 2.74 bits per heavy atom. The van der Waals surface area contributed by atoms with E-state index in [2.05, 4.69) is 54.2 Å². The zero-order valence-corrected chi connectivity index (χ0v) is 17.6. The van der Waals surface area contributed by atoms with Crippen LogP contribution in [0.1, 0.15) is 32.9 Å². The Labute approximate surface area is 180 Å². The highest BCUT2D eigenvalue weighted by molar-refractivity contribution is 6.01. The van der Waals surface area contributed by atoms with Crippen LogP contribution in [-0.4, -0.2) is 32.9 Å². The van der Waals surface area contributed by atoms with Gasteiger partial charge in [0.2, 0.25) is 0 Å². The van der Waals surface area contributed by atoms with Crippen LogP contribution in [0.5, 0.6) is 0 Å². The average Bonchev–Trinajstić information content (AvgIpc) is 3.32. The molecule has 5 rings (SSSR count). The van der Waals surface area contributed by atoms with Gasteiger partial charge in [-0.05, 0) is 60.0 Å². The Balaban J connectivity index is 1.55. The Kier molecular flexibility index (Phi) is 4.36. The van der Waals surface area contributed by atoms with Crippen LogP contribution in [0.3, 0.4) is 0 Å². The van der Waals surface area contributed by atoms with Gasteiger partial charge in [0.05, 0.1) is 22.5 Å². The molecule has 0 bridgehead atoms. The van der Waals surface area contributed by atoms with Crippen LogP contribution in [0.2, 0.25) is 0 Å². The molecule has 1 N–H and O–H groups in total. The average molecular weight is 410 g/mol. The molecular formula is C25H22N4O2. The van der Waals surface area contributed by atoms with Gasteiger partial charge in [-0.25, -0.2) is 4.79 Å². The number of hydrogen-bond donors (Lipinski definition) is 1. The van der Waals surface area contributed by atoms with E-state index in [0.29, 0.717) is 12.0 Å². The smallest absolute Gasteiger partial charge is 0.336 e. The molecule has 0 spiro atoms. The third kappa shape index (κ3) is 3.08. The summed E-state index contributed by atoms with van der Waals surface area (Å²) in [6, 6.07) is 16.1. The van der Waals surface area contributed by atoms with Gasteiger partial charge in [-0.15, -0.1) is 0 Å². The number of fused-ring (bicyclic) bond motifs is 2. The first-order valence-electron chi connectivity index (χ1n) is 10.1. The number of para-hydroxylation sites is 1. The van der Waals surface area contributed by atoms with Gasteiger partial charge >= 0.3 is 5.97 Å². The molecule has 2 aromatic carbocycles. The van der Waals surface area contributed by atoms with E-state index in [0.717, 1.165) is 44.8 Å². The van der Waals surface area contributed by atoms with E-state index in [1.807, 2.05) is 29.9 Å². The zero-order chi connectivity index (χ0) is 21.7. The van der Waals surface area contributed by atoms with Gasteiger partial charge in [-0.3, -0.25) is 9.67 Å². The maximum Gasteiger partial charge on any atom is 0.336 e. The van der Waals surface area contributed by atoms with Gasteiger partial charge in [-0.2, -0.15) is 5.10 Å². The van der Waals surface area contributed by atoms with Gasteiger partial charge in [0.1, 0.15) is 0 Å². The lowest BCUT2D eigenvalue weighted by Crippen LogP contribution is -2.10. The lowest BCUT2D eigenvalue weighted by molar-refractivity contribution is 0.0695. The van der Waals surface area contributed by atoms with E-state index in [1.54, 1.807) is 12.3 Å². The van der Waals surface area contributed by atoms with Gasteiger partial charge in [0, 0.05) is 43.5 Å². The lowest BCUT2D eigenvalue weighted by Gasteiger charge is -2.21. The van der Waals surface area contributed by atoms with Crippen molar-refractivity contribution in [3.63, 3.8) is 0 Å². The number of hydrogen-bond acceptors (Lipinski definition) is 4. The number of rotatable bonds is 4. The minimum Gasteiger partial charge on any atom is -0.478 e. The van der Waals surface area contributed by atoms with Gasteiger partial charge in [0.15, 0.2) is 0 Å². The molecule has 0 fully saturated rings. The number of carboxylic acids is 1. The normalized spacial score (nSPS) is 12.7. The summed E-state index contributed by atoms with van der Waals surface area (Å²) in [5, 5.41) is 15.3. The number of allylic oxidation sites excluding steroid dienone is 1. The molecule has 0 amide bonds. The predicted molar refractivity (Wildman–Crippen MR) is 123 cm³/mol. The van der Waals surface area contributed by atoms with Crippen molar-refractivity contribution in [1.82, 2.24) is 14.8 Å². The van der Waals surface area contributed by atoms with Crippen molar-refractivity contribution in [2.45, 2.75) is 13.3 Å². The van der Waals surface area contributed by atoms with Gasteiger partial charge in [0.25, 0.3) is 0 Å². The molecule has 2 heterocycles. The molecule has 4 aromatic rings. The molecule has 154 valence electrons. The predicted octanol–water partition coefficient (Wildman–Crippen LogP) is 4.84. The van der Waals surface area contributed by atoms with Crippen molar-refractivity contribution < 1.29 is 9.90 Å². The second-order valence-corrected chi connectivity index (χ2v) is 7.89. The van der Waals surface area contributed by atoms with Gasteiger partial charge < -0.3 is 10.0 Å². The molecule has 1 aliphatic carbocycles. The number of nitrogens with zero attached hydrogens (tertiary/aromatic N) is 4. The summed E-state index contributed by atoms with van der Waals surface area (Å²) in [6.07, 6.45) is 4.06. The minimum absolute atomic E-state index is 0.310. The maximum atomic E-state index is 11.6. The largest absolute Gasteiger partial charge is 0.478 e. The van der Waals surface area contributed by atoms with E-state index in [-0.39, 0.29) is 0 Å². The van der Waals surface area contributed by atoms with Crippen molar-refractivity contribution in [2.24, 2.45) is 7.05 Å². The van der Waals surface area contributed by atoms with Crippen LogP contribution in [0.25, 0.3) is 22.6 Å². The molecule has 6 nitrogen and oxygen atoms in total. The number of aryl methyl sites for hydroxylation is 2. The van der Waals surface area contributed by atoms with E-state index < -0.39 is 5.97 Å². The topological polar surface area (TPSA) is 71.2 Å². The molecule has 0 saturated heterocycles. The number of pyridine rings is 1. The van der Waals surface area contributed by atoms with Crippen LogP contribution >= 0.6 is 0 Å². The highest BCUT2D eigenvalue weighted by Crippen LogP contribution is 2.37. The molecule has 6 heteroatoms. The molecule has 31 heavy (non-hydrogen) atoms. The minimum atomic E-state index is -0.924. The van der Waals surface area contributed by atoms with Crippen molar-refractivity contribution in [1.29, 1.82) is 0 Å². The number of carboxylic acid groups (broad SMARTS) is 1. The Bertz CT molecular complexity index is 1380. The summed E-state index contributed by atoms with van der Waals surface area (Å²) >= 11 is 0. The van der Waals surface area contributed by atoms with Crippen LogP contribution < -0.4 is 4.90 Å². The van der Waals surface area contributed by atoms with E-state index in [4.69, 9.17) is 5.10 Å². The standard InChI is InChI=1S/C25H22N4O2/c1-15-6-4-5-7-23(15)28(2)17-8-9-19-22(14-17)27-29(3)24(19)16-12-20-18(25(30)31)10-11-26-21(20)13-16/h4-11,13-14H,12H2,1-3H3,(H,30,31). The molecule has 2 aromatic heterocycles. The summed E-state index contributed by atoms with van der Waals surface area (Å²) < 4.78 is 1.88. The Hall–Kier alpha value is -3.93. The second kappa shape index (κ2) is 7.09. The molecule has 1 aliphatic rings. The number of aromatic carboxylic acids is 1. The quantitative estimate of drug-likeness (QED) is 0.521. The summed E-state index contributed by atoms with van der Waals surface area (Å²) in [5.41, 5.74) is 8.14. The van der Waals surface area contributed by atoms with Crippen molar-refractivity contribution in [3.05, 3.63) is 82.8 Å². The summed E-state index contributed by atoms with van der Waals surface area (Å²) in [4.78, 5) is 18.1. The molecule has 0 aliphatic heterocycles. The number of anilines is 2. The molecule has 0 unspecified atom stereocenters. The number of benzene rings is 2. The Morgan fingerprint density at radius 1 is 1.16 bits per heavy atom. The van der Waals surface area contributed by atoms with Crippen LogP contribution in [0, 0.1) is 6.92 Å². The second-order valence-electron chi connectivity index (χ2n) is 7.89. The first-order chi connectivity index (χ1) is 14.9. The molecule has 0 saturated carbocycles. The lowest BCUT2D eigenvalue weighted by atomic mass is 10.0. The highest BCUT2D eigenvalue weighted by Gasteiger charge is 2.25. The fourth-order valence-electron chi connectivity index (χ4n) is 4.43. The summed E-state index contributed by atoms with van der Waals surface area (Å²) in [6.45, 7) is 2.10. The third-order valence-electron chi connectivity index (χ3n) is 5.98. The molecule has 0 radical (unpaired) electrons. The van der Waals surface area contributed by atoms with Gasteiger partial charge in [-0.1, -0.05) is 18.2 Å². The van der Waals surface area contributed by atoms with Crippen LogP contribution in [0.15, 0.2) is 54.7 Å². The zero-order valence-electron chi connectivity index (χ0n) is 17.6. The van der Waals surface area contributed by atoms with Crippen LogP contribution in [-0.2, 0) is 13.5 Å². The van der Waals surface area contributed by atoms with E-state index >= 15 is 0 Å². The van der Waals surface area contributed by atoms with Crippen molar-refractivity contribution in [3.8, 4) is 0 Å². The van der Waals surface area contributed by atoms with Crippen molar-refractivity contribution >= 4 is 39.9 Å². The highest BCUT2D eigenvalue weighted by atomic mass is 16.4. The number of aromatic nitrogens is 3. The third-order valence-corrected chi connectivity index (χ3v) is 5.98. The monoisotopic (exact) mass is 410 g/mol. The van der Waals surface area contributed by atoms with E-state index in [9.17, 15) is 9.90 Å². The molecular weight excluding hydrogens is 388 g/mol. The fourth-order valence-corrected chi connectivity index (χ4v) is 4.43. The molecule has 0 atom stereocenters. The SMILES string of the molecule is Cc1ccccc1N(C)c1ccc2c(C3=Cc4nccc(C(=O)O)c4C3)n(C)nc2c1. The summed E-state index contributed by atoms with van der Waals surface area (Å²) in [5.74, 6) is -0.924. The van der Waals surface area contributed by atoms with E-state index in [1.165, 1.54) is 5.56 Å². The maximum absolute atomic E-state index is 11.6. The van der Waals surface area contributed by atoms with Crippen molar-refractivity contribution in [2.75, 3.05) is 11.9 Å². The number of carbonyl (C=O) groups is 1. The summed E-state index contributed by atoms with van der Waals surface area (Å²) in [7, 11) is 3.98. The first kappa shape index (κ1) is 19.1. The Morgan fingerprint density at radius 2 is 1.97 bits per heavy atom. The first-order valence-corrected chi connectivity index (χ1v) is 10.1. The fraction of sp³-hybridized carbons (Fsp3) is 0.160. The van der Waals surface area contributed by atoms with Crippen LogP contribution in [0.4, 0.5) is 11.4 Å².